The predicted molar refractivity (Wildman–Crippen MR) is 91.4 cm³/mol. The molecule has 2 unspecified atom stereocenters. The van der Waals surface area contributed by atoms with Crippen molar-refractivity contribution in [1.29, 1.82) is 0 Å². The van der Waals surface area contributed by atoms with Gasteiger partial charge in [-0.05, 0) is 42.3 Å². The van der Waals surface area contributed by atoms with Gasteiger partial charge in [-0.1, -0.05) is 11.6 Å². The van der Waals surface area contributed by atoms with Gasteiger partial charge in [0, 0.05) is 23.1 Å². The Bertz CT molecular complexity index is 773. The maximum Gasteiger partial charge on any atom is 0.326 e. The molecule has 2 aromatic rings. The molecular weight excluding hydrogens is 362 g/mol. The van der Waals surface area contributed by atoms with Crippen LogP contribution >= 0.6 is 11.6 Å². The summed E-state index contributed by atoms with van der Waals surface area (Å²) in [5.41, 5.74) is 0.712. The van der Waals surface area contributed by atoms with Crippen LogP contribution in [0.5, 0.6) is 0 Å². The predicted octanol–water partition coefficient (Wildman–Crippen LogP) is 0.989. The van der Waals surface area contributed by atoms with Gasteiger partial charge in [-0.3, -0.25) is 4.79 Å². The van der Waals surface area contributed by atoms with E-state index >= 15 is 0 Å². The van der Waals surface area contributed by atoms with E-state index in [-0.39, 0.29) is 12.5 Å². The number of amides is 1. The topological polar surface area (TPSA) is 119 Å². The minimum Gasteiger partial charge on any atom is -0.480 e. The number of hydrogen-bond acceptors (Lipinski definition) is 6. The summed E-state index contributed by atoms with van der Waals surface area (Å²) in [6.07, 6.45) is 1.47. The number of carboxylic acids is 1. The monoisotopic (exact) mass is 379 g/mol. The van der Waals surface area contributed by atoms with Crippen LogP contribution in [0.2, 0.25) is 5.02 Å². The Balaban J connectivity index is 1.62. The van der Waals surface area contributed by atoms with Crippen LogP contribution in [-0.2, 0) is 20.9 Å². The number of carboxylic acid groups (broad SMARTS) is 1. The number of aliphatic carboxylic acids is 1. The van der Waals surface area contributed by atoms with Crippen molar-refractivity contribution >= 4 is 23.5 Å². The summed E-state index contributed by atoms with van der Waals surface area (Å²) in [6.45, 7) is 0.713. The second-order valence-corrected chi connectivity index (χ2v) is 6.45. The molecule has 0 aliphatic carbocycles. The third-order valence-electron chi connectivity index (χ3n) is 4.09. The van der Waals surface area contributed by atoms with Crippen LogP contribution in [0.25, 0.3) is 11.4 Å². The zero-order valence-corrected chi connectivity index (χ0v) is 14.6. The van der Waals surface area contributed by atoms with E-state index in [0.29, 0.717) is 36.0 Å². The number of benzene rings is 1. The van der Waals surface area contributed by atoms with Gasteiger partial charge < -0.3 is 15.2 Å². The van der Waals surface area contributed by atoms with Gasteiger partial charge in [-0.25, -0.2) is 4.79 Å². The fourth-order valence-corrected chi connectivity index (χ4v) is 2.91. The molecule has 1 saturated heterocycles. The summed E-state index contributed by atoms with van der Waals surface area (Å²) in [4.78, 5) is 24.8. The zero-order valence-electron chi connectivity index (χ0n) is 13.8. The molecule has 0 saturated carbocycles. The van der Waals surface area contributed by atoms with Crippen molar-refractivity contribution in [3.8, 4) is 11.4 Å². The molecule has 138 valence electrons. The summed E-state index contributed by atoms with van der Waals surface area (Å²) in [5.74, 6) is -1.48. The molecule has 1 aliphatic heterocycles. The van der Waals surface area contributed by atoms with E-state index in [1.54, 1.807) is 24.3 Å². The Kier molecular flexibility index (Phi) is 5.79. The highest BCUT2D eigenvalue weighted by molar-refractivity contribution is 6.30. The van der Waals surface area contributed by atoms with E-state index in [1.165, 1.54) is 0 Å². The van der Waals surface area contributed by atoms with Crippen LogP contribution in [-0.4, -0.2) is 56.4 Å². The van der Waals surface area contributed by atoms with Crippen molar-refractivity contribution in [3.05, 3.63) is 29.3 Å². The van der Waals surface area contributed by atoms with Crippen molar-refractivity contribution < 1.29 is 19.4 Å². The lowest BCUT2D eigenvalue weighted by molar-refractivity contribution is -0.145. The SMILES string of the molecule is O=C(Cn1nnc(-c2ccc(Cl)cc2)n1)NC(C(=O)O)C1CCCOC1. The van der Waals surface area contributed by atoms with Gasteiger partial charge in [0.1, 0.15) is 12.6 Å². The highest BCUT2D eigenvalue weighted by atomic mass is 35.5. The van der Waals surface area contributed by atoms with Crippen LogP contribution in [0.4, 0.5) is 0 Å². The van der Waals surface area contributed by atoms with Gasteiger partial charge in [0.15, 0.2) is 0 Å². The number of nitrogens with zero attached hydrogens (tertiary/aromatic N) is 4. The molecular formula is C16H18ClN5O4. The molecule has 26 heavy (non-hydrogen) atoms. The van der Waals surface area contributed by atoms with Gasteiger partial charge in [-0.2, -0.15) is 4.80 Å². The number of nitrogens with one attached hydrogen (secondary N) is 1. The quantitative estimate of drug-likeness (QED) is 0.767. The van der Waals surface area contributed by atoms with E-state index in [9.17, 15) is 14.7 Å². The van der Waals surface area contributed by atoms with Crippen LogP contribution < -0.4 is 5.32 Å². The first kappa shape index (κ1) is 18.3. The molecule has 1 fully saturated rings. The minimum absolute atomic E-state index is 0.224. The summed E-state index contributed by atoms with van der Waals surface area (Å²) in [7, 11) is 0. The average Bonchev–Trinajstić information content (AvgIpc) is 3.09. The summed E-state index contributed by atoms with van der Waals surface area (Å²) < 4.78 is 5.31. The molecule has 1 aromatic carbocycles. The Morgan fingerprint density at radius 3 is 2.81 bits per heavy atom. The highest BCUT2D eigenvalue weighted by Gasteiger charge is 2.31. The van der Waals surface area contributed by atoms with Crippen molar-refractivity contribution in [2.75, 3.05) is 13.2 Å². The fourth-order valence-electron chi connectivity index (χ4n) is 2.78. The molecule has 1 amide bonds. The van der Waals surface area contributed by atoms with Gasteiger partial charge in [-0.15, -0.1) is 10.2 Å². The maximum atomic E-state index is 12.2. The van der Waals surface area contributed by atoms with Gasteiger partial charge >= 0.3 is 5.97 Å². The van der Waals surface area contributed by atoms with Crippen LogP contribution in [0.15, 0.2) is 24.3 Å². The van der Waals surface area contributed by atoms with E-state index < -0.39 is 17.9 Å². The lowest BCUT2D eigenvalue weighted by Gasteiger charge is -2.27. The number of tetrazole rings is 1. The summed E-state index contributed by atoms with van der Waals surface area (Å²) >= 11 is 5.84. The van der Waals surface area contributed by atoms with Crippen molar-refractivity contribution in [2.45, 2.75) is 25.4 Å². The third-order valence-corrected chi connectivity index (χ3v) is 4.34. The Morgan fingerprint density at radius 1 is 1.38 bits per heavy atom. The molecule has 1 aromatic heterocycles. The number of carbonyl (C=O) groups is 2. The van der Waals surface area contributed by atoms with Crippen LogP contribution in [0.3, 0.4) is 0 Å². The average molecular weight is 380 g/mol. The zero-order chi connectivity index (χ0) is 18.5. The second-order valence-electron chi connectivity index (χ2n) is 6.01. The number of aromatic nitrogens is 4. The molecule has 10 heteroatoms. The first-order valence-corrected chi connectivity index (χ1v) is 8.54. The van der Waals surface area contributed by atoms with E-state index in [0.717, 1.165) is 11.2 Å². The number of halogens is 1. The van der Waals surface area contributed by atoms with E-state index in [4.69, 9.17) is 16.3 Å². The number of ether oxygens (including phenoxy) is 1. The normalized spacial score (nSPS) is 18.3. The van der Waals surface area contributed by atoms with E-state index in [2.05, 4.69) is 20.7 Å². The van der Waals surface area contributed by atoms with Crippen molar-refractivity contribution in [1.82, 2.24) is 25.5 Å². The molecule has 2 atom stereocenters. The van der Waals surface area contributed by atoms with Crippen LogP contribution in [0, 0.1) is 5.92 Å². The van der Waals surface area contributed by atoms with Crippen molar-refractivity contribution in [3.63, 3.8) is 0 Å². The lowest BCUT2D eigenvalue weighted by Crippen LogP contribution is -2.49. The molecule has 0 spiro atoms. The Morgan fingerprint density at radius 2 is 2.15 bits per heavy atom. The van der Waals surface area contributed by atoms with Crippen LogP contribution in [0.1, 0.15) is 12.8 Å². The molecule has 2 heterocycles. The van der Waals surface area contributed by atoms with Gasteiger partial charge in [0.25, 0.3) is 0 Å². The molecule has 3 rings (SSSR count). The standard InChI is InChI=1S/C16H18ClN5O4/c17-12-5-3-10(4-6-12)15-19-21-22(20-15)8-13(23)18-14(16(24)25)11-2-1-7-26-9-11/h3-6,11,14H,1-2,7-9H2,(H,18,23)(H,24,25). The molecule has 2 N–H and O–H groups in total. The summed E-state index contributed by atoms with van der Waals surface area (Å²) in [5, 5.41) is 24.4. The summed E-state index contributed by atoms with van der Waals surface area (Å²) in [6, 6.07) is 5.89. The maximum absolute atomic E-state index is 12.2. The Labute approximate surface area is 154 Å². The molecule has 9 nitrogen and oxygen atoms in total. The Hall–Kier alpha value is -2.52. The highest BCUT2D eigenvalue weighted by Crippen LogP contribution is 2.18. The van der Waals surface area contributed by atoms with Gasteiger partial charge in [0.2, 0.25) is 11.7 Å². The first-order valence-electron chi connectivity index (χ1n) is 8.16. The largest absolute Gasteiger partial charge is 0.480 e. The second kappa shape index (κ2) is 8.24. The molecule has 0 bridgehead atoms. The first-order chi connectivity index (χ1) is 12.5. The molecule has 0 radical (unpaired) electrons. The number of rotatable bonds is 6. The number of carbonyl (C=O) groups excluding carboxylic acids is 1. The number of hydrogen-bond donors (Lipinski definition) is 2. The fraction of sp³-hybridized carbons (Fsp3) is 0.438. The lowest BCUT2D eigenvalue weighted by atomic mass is 9.93. The third kappa shape index (κ3) is 4.55. The van der Waals surface area contributed by atoms with E-state index in [1.807, 2.05) is 0 Å². The smallest absolute Gasteiger partial charge is 0.326 e. The minimum atomic E-state index is -1.08. The molecule has 1 aliphatic rings. The van der Waals surface area contributed by atoms with Crippen molar-refractivity contribution in [2.24, 2.45) is 5.92 Å². The van der Waals surface area contributed by atoms with Gasteiger partial charge in [0.05, 0.1) is 6.61 Å².